The van der Waals surface area contributed by atoms with E-state index in [-0.39, 0.29) is 16.5 Å². The first kappa shape index (κ1) is 26.0. The van der Waals surface area contributed by atoms with Gasteiger partial charge in [-0.2, -0.15) is 5.10 Å². The smallest absolute Gasteiger partial charge is 0.293 e. The van der Waals surface area contributed by atoms with Crippen LogP contribution < -0.4 is 15.0 Å². The summed E-state index contributed by atoms with van der Waals surface area (Å²) in [6.07, 6.45) is 0. The van der Waals surface area contributed by atoms with Gasteiger partial charge in [-0.1, -0.05) is 42.5 Å². The average molecular weight is 510 g/mol. The normalized spacial score (nSPS) is 11.4. The molecule has 36 heavy (non-hydrogen) atoms. The highest BCUT2D eigenvalue weighted by atomic mass is 32.2. The molecule has 2 amide bonds. The van der Waals surface area contributed by atoms with Gasteiger partial charge in [-0.15, -0.1) is 0 Å². The molecule has 0 heterocycles. The van der Waals surface area contributed by atoms with Crippen LogP contribution in [0.2, 0.25) is 0 Å². The lowest BCUT2D eigenvalue weighted by molar-refractivity contribution is -0.384. The molecule has 0 aliphatic rings. The zero-order valence-electron chi connectivity index (χ0n) is 19.4. The first-order valence-electron chi connectivity index (χ1n) is 10.6. The van der Waals surface area contributed by atoms with E-state index in [9.17, 15) is 28.1 Å². The summed E-state index contributed by atoms with van der Waals surface area (Å²) in [5, 5.41) is 18.2. The Balaban J connectivity index is 1.87. The Labute approximate surface area is 207 Å². The number of anilines is 2. The lowest BCUT2D eigenvalue weighted by Gasteiger charge is -2.23. The lowest BCUT2D eigenvalue weighted by atomic mass is 10.1. The van der Waals surface area contributed by atoms with Gasteiger partial charge in [0.15, 0.2) is 0 Å². The number of para-hydroxylation sites is 2. The van der Waals surface area contributed by atoms with E-state index in [0.29, 0.717) is 21.3 Å². The molecule has 12 heteroatoms. The van der Waals surface area contributed by atoms with Crippen LogP contribution in [0.5, 0.6) is 0 Å². The van der Waals surface area contributed by atoms with Crippen molar-refractivity contribution in [3.63, 3.8) is 0 Å². The first-order valence-corrected chi connectivity index (χ1v) is 12.1. The number of nitrogens with one attached hydrogen (secondary N) is 2. The molecule has 0 radical (unpaired) electrons. The quantitative estimate of drug-likeness (QED) is 0.257. The van der Waals surface area contributed by atoms with Gasteiger partial charge in [0, 0.05) is 18.7 Å². The van der Waals surface area contributed by atoms with Crippen molar-refractivity contribution >= 4 is 44.6 Å². The molecule has 0 spiro atoms. The number of amides is 2. The minimum Gasteiger partial charge on any atom is -0.326 e. The van der Waals surface area contributed by atoms with Gasteiger partial charge in [-0.3, -0.25) is 19.7 Å². The van der Waals surface area contributed by atoms with Crippen LogP contribution in [-0.2, 0) is 19.6 Å². The van der Waals surface area contributed by atoms with E-state index >= 15 is 0 Å². The molecule has 0 saturated carbocycles. The number of sulfonamides is 1. The Bertz CT molecular complexity index is 1410. The summed E-state index contributed by atoms with van der Waals surface area (Å²) >= 11 is 0. The third kappa shape index (κ3) is 6.30. The van der Waals surface area contributed by atoms with E-state index in [2.05, 4.69) is 15.8 Å². The van der Waals surface area contributed by atoms with Crippen LogP contribution in [0.25, 0.3) is 0 Å². The Morgan fingerprint density at radius 3 is 2.17 bits per heavy atom. The van der Waals surface area contributed by atoms with Gasteiger partial charge in [-0.25, -0.2) is 18.1 Å². The first-order chi connectivity index (χ1) is 17.1. The monoisotopic (exact) mass is 509 g/mol. The summed E-state index contributed by atoms with van der Waals surface area (Å²) in [4.78, 5) is 34.6. The molecule has 3 aromatic carbocycles. The summed E-state index contributed by atoms with van der Waals surface area (Å²) in [5.74, 6) is -1.02. The van der Waals surface area contributed by atoms with Gasteiger partial charge in [0.2, 0.25) is 5.91 Å². The molecule has 11 nitrogen and oxygen atoms in total. The van der Waals surface area contributed by atoms with E-state index in [1.807, 2.05) is 0 Å². The maximum atomic E-state index is 13.4. The van der Waals surface area contributed by atoms with Crippen molar-refractivity contribution in [3.05, 3.63) is 94.5 Å². The maximum absolute atomic E-state index is 13.4. The molecule has 0 aromatic heterocycles. The highest BCUT2D eigenvalue weighted by Gasteiger charge is 2.31. The molecule has 3 aromatic rings. The number of hydrogen-bond donors (Lipinski definition) is 2. The van der Waals surface area contributed by atoms with Crippen molar-refractivity contribution < 1.29 is 22.9 Å². The second kappa shape index (κ2) is 11.2. The highest BCUT2D eigenvalue weighted by Crippen LogP contribution is 2.31. The van der Waals surface area contributed by atoms with Crippen LogP contribution in [0.15, 0.2) is 88.9 Å². The summed E-state index contributed by atoms with van der Waals surface area (Å²) in [5.41, 5.74) is 3.24. The topological polar surface area (TPSA) is 151 Å². The molecule has 2 N–H and O–H groups in total. The minimum absolute atomic E-state index is 0.130. The van der Waals surface area contributed by atoms with Crippen LogP contribution in [-0.4, -0.2) is 37.4 Å². The molecular weight excluding hydrogens is 486 g/mol. The van der Waals surface area contributed by atoms with Gasteiger partial charge in [0.05, 0.1) is 15.5 Å². The Morgan fingerprint density at radius 1 is 0.944 bits per heavy atom. The summed E-state index contributed by atoms with van der Waals surface area (Å²) < 4.78 is 27.4. The second-order valence-electron chi connectivity index (χ2n) is 7.56. The average Bonchev–Trinajstić information content (AvgIpc) is 2.86. The molecule has 3 rings (SSSR count). The van der Waals surface area contributed by atoms with Crippen LogP contribution in [0, 0.1) is 10.1 Å². The second-order valence-corrected chi connectivity index (χ2v) is 9.42. The van der Waals surface area contributed by atoms with Gasteiger partial charge in [0.1, 0.15) is 12.2 Å². The van der Waals surface area contributed by atoms with E-state index in [1.54, 1.807) is 37.3 Å². The van der Waals surface area contributed by atoms with Crippen molar-refractivity contribution in [3.8, 4) is 0 Å². The summed E-state index contributed by atoms with van der Waals surface area (Å²) in [6, 6.07) is 19.3. The van der Waals surface area contributed by atoms with Crippen LogP contribution in [0.4, 0.5) is 17.1 Å². The number of hydrogen-bond acceptors (Lipinski definition) is 7. The van der Waals surface area contributed by atoms with Gasteiger partial charge < -0.3 is 5.32 Å². The van der Waals surface area contributed by atoms with Crippen LogP contribution in [0.1, 0.15) is 19.4 Å². The van der Waals surface area contributed by atoms with E-state index in [1.165, 1.54) is 49.4 Å². The number of carbonyl (C=O) groups excluding carboxylic acids is 2. The van der Waals surface area contributed by atoms with Gasteiger partial charge >= 0.3 is 0 Å². The fraction of sp³-hybridized carbons (Fsp3) is 0.125. The molecule has 0 atom stereocenters. The molecule has 0 saturated heterocycles. The number of rotatable bonds is 9. The van der Waals surface area contributed by atoms with Gasteiger partial charge in [0.25, 0.3) is 21.6 Å². The standard InChI is InChI=1S/C24H23N5O6S/c1-17(19-12-14-20(15-13-19)25-18(2)30)26-27-24(31)16-28(22-10-6-7-11-23(22)29(32)33)36(34,35)21-8-4-3-5-9-21/h3-15H,16H2,1-2H3,(H,25,30)(H,27,31)/b26-17-. The number of nitro benzene ring substituents is 1. The highest BCUT2D eigenvalue weighted by molar-refractivity contribution is 7.92. The fourth-order valence-corrected chi connectivity index (χ4v) is 4.68. The summed E-state index contributed by atoms with van der Waals surface area (Å²) in [7, 11) is -4.33. The zero-order valence-corrected chi connectivity index (χ0v) is 20.2. The Morgan fingerprint density at radius 2 is 1.56 bits per heavy atom. The number of nitro groups is 1. The third-order valence-corrected chi connectivity index (χ3v) is 6.71. The maximum Gasteiger partial charge on any atom is 0.293 e. The third-order valence-electron chi connectivity index (χ3n) is 4.94. The number of benzene rings is 3. The Kier molecular flexibility index (Phi) is 8.12. The molecule has 0 aliphatic carbocycles. The number of carbonyl (C=O) groups is 2. The molecule has 0 unspecified atom stereocenters. The Hall–Kier alpha value is -4.58. The predicted molar refractivity (Wildman–Crippen MR) is 135 cm³/mol. The van der Waals surface area contributed by atoms with Crippen molar-refractivity contribution in [2.24, 2.45) is 5.10 Å². The fourth-order valence-electron chi connectivity index (χ4n) is 3.22. The van der Waals surface area contributed by atoms with Gasteiger partial charge in [-0.05, 0) is 42.8 Å². The number of hydrazone groups is 1. The van der Waals surface area contributed by atoms with Crippen molar-refractivity contribution in [2.45, 2.75) is 18.7 Å². The minimum atomic E-state index is -4.33. The molecule has 0 aliphatic heterocycles. The van der Waals surface area contributed by atoms with E-state index < -0.39 is 33.1 Å². The van der Waals surface area contributed by atoms with Crippen molar-refractivity contribution in [1.82, 2.24) is 5.43 Å². The van der Waals surface area contributed by atoms with E-state index in [0.717, 1.165) is 6.07 Å². The number of nitrogens with zero attached hydrogens (tertiary/aromatic N) is 3. The zero-order chi connectivity index (χ0) is 26.3. The van der Waals surface area contributed by atoms with E-state index in [4.69, 9.17) is 0 Å². The SMILES string of the molecule is CC(=O)Nc1ccc(/C(C)=N\NC(=O)CN(c2ccccc2[N+](=O)[O-])S(=O)(=O)c2ccccc2)cc1. The molecule has 0 fully saturated rings. The predicted octanol–water partition coefficient (Wildman–Crippen LogP) is 3.29. The molecular formula is C24H23N5O6S. The van der Waals surface area contributed by atoms with Crippen LogP contribution >= 0.6 is 0 Å². The van der Waals surface area contributed by atoms with Crippen LogP contribution in [0.3, 0.4) is 0 Å². The van der Waals surface area contributed by atoms with Crippen molar-refractivity contribution in [1.29, 1.82) is 0 Å². The lowest BCUT2D eigenvalue weighted by Crippen LogP contribution is -2.40. The molecule has 0 bridgehead atoms. The summed E-state index contributed by atoms with van der Waals surface area (Å²) in [6.45, 7) is 2.27. The largest absolute Gasteiger partial charge is 0.326 e. The van der Waals surface area contributed by atoms with Crippen molar-refractivity contribution in [2.75, 3.05) is 16.2 Å². The molecule has 186 valence electrons.